The summed E-state index contributed by atoms with van der Waals surface area (Å²) in [6, 6.07) is 44.1. The maximum absolute atomic E-state index is 6.25. The molecule has 0 N–H and O–H groups in total. The number of aromatic nitrogens is 3. The molecular weight excluding hydrogens is 538 g/mol. The Morgan fingerprint density at radius 1 is 0.500 bits per heavy atom. The van der Waals surface area contributed by atoms with E-state index in [0.29, 0.717) is 17.5 Å². The normalized spacial score (nSPS) is 13.4. The van der Waals surface area contributed by atoms with Crippen molar-refractivity contribution in [1.29, 1.82) is 0 Å². The van der Waals surface area contributed by atoms with Gasteiger partial charge in [0.05, 0.1) is 0 Å². The summed E-state index contributed by atoms with van der Waals surface area (Å²) in [7, 11) is 0. The van der Waals surface area contributed by atoms with Crippen LogP contribution in [0.5, 0.6) is 0 Å². The molecule has 0 fully saturated rings. The molecule has 2 heterocycles. The van der Waals surface area contributed by atoms with Crippen LogP contribution in [0.1, 0.15) is 25.0 Å². The van der Waals surface area contributed by atoms with Gasteiger partial charge in [-0.25, -0.2) is 15.0 Å². The largest absolute Gasteiger partial charge is 0.456 e. The van der Waals surface area contributed by atoms with Crippen LogP contribution >= 0.6 is 0 Å². The topological polar surface area (TPSA) is 51.8 Å². The zero-order valence-electron chi connectivity index (χ0n) is 24.4. The maximum Gasteiger partial charge on any atom is 0.165 e. The number of hydrogen-bond acceptors (Lipinski definition) is 4. The fourth-order valence-electron chi connectivity index (χ4n) is 7.03. The number of para-hydroxylation sites is 1. The van der Waals surface area contributed by atoms with Crippen molar-refractivity contribution in [2.24, 2.45) is 0 Å². The molecule has 0 aliphatic heterocycles. The van der Waals surface area contributed by atoms with Crippen molar-refractivity contribution in [3.05, 3.63) is 139 Å². The van der Waals surface area contributed by atoms with E-state index in [2.05, 4.69) is 92.7 Å². The minimum Gasteiger partial charge on any atom is -0.456 e. The van der Waals surface area contributed by atoms with Crippen LogP contribution < -0.4 is 0 Å². The third-order valence-electron chi connectivity index (χ3n) is 9.13. The summed E-state index contributed by atoms with van der Waals surface area (Å²) in [6.45, 7) is 4.63. The number of benzene rings is 6. The van der Waals surface area contributed by atoms with Gasteiger partial charge in [0.15, 0.2) is 17.5 Å². The SMILES string of the molecule is CC1(C)c2ccccc2-c2c1cc1ccccc1c2-c1nc(-c2ccccc2)nc(-c2cccc3oc4ccccc4c23)n1. The smallest absolute Gasteiger partial charge is 0.165 e. The lowest BCUT2D eigenvalue weighted by Crippen LogP contribution is -2.15. The van der Waals surface area contributed by atoms with Gasteiger partial charge in [-0.1, -0.05) is 123 Å². The van der Waals surface area contributed by atoms with Crippen LogP contribution in [0.3, 0.4) is 0 Å². The summed E-state index contributed by atoms with van der Waals surface area (Å²) in [5, 5.41) is 4.35. The van der Waals surface area contributed by atoms with Crippen LogP contribution in [0.25, 0.3) is 78.0 Å². The monoisotopic (exact) mass is 565 g/mol. The van der Waals surface area contributed by atoms with Crippen molar-refractivity contribution >= 4 is 32.7 Å². The Morgan fingerprint density at radius 2 is 1.16 bits per heavy atom. The molecule has 0 unspecified atom stereocenters. The van der Waals surface area contributed by atoms with E-state index in [-0.39, 0.29) is 5.41 Å². The van der Waals surface area contributed by atoms with E-state index in [9.17, 15) is 0 Å². The van der Waals surface area contributed by atoms with Crippen molar-refractivity contribution in [2.75, 3.05) is 0 Å². The summed E-state index contributed by atoms with van der Waals surface area (Å²) < 4.78 is 6.25. The molecule has 8 aromatic rings. The van der Waals surface area contributed by atoms with E-state index in [4.69, 9.17) is 19.4 Å². The number of furan rings is 1. The number of rotatable bonds is 3. The van der Waals surface area contributed by atoms with Crippen molar-refractivity contribution in [1.82, 2.24) is 15.0 Å². The lowest BCUT2D eigenvalue weighted by molar-refractivity contribution is 0.661. The average Bonchev–Trinajstić information content (AvgIpc) is 3.56. The molecule has 9 rings (SSSR count). The first-order valence-electron chi connectivity index (χ1n) is 15.0. The minimum atomic E-state index is -0.163. The van der Waals surface area contributed by atoms with Gasteiger partial charge in [0, 0.05) is 32.9 Å². The van der Waals surface area contributed by atoms with Gasteiger partial charge in [0.25, 0.3) is 0 Å². The van der Waals surface area contributed by atoms with Gasteiger partial charge in [-0.15, -0.1) is 0 Å². The Morgan fingerprint density at radius 3 is 2.05 bits per heavy atom. The molecule has 4 heteroatoms. The van der Waals surface area contributed by atoms with E-state index in [1.165, 1.54) is 27.6 Å². The van der Waals surface area contributed by atoms with Gasteiger partial charge >= 0.3 is 0 Å². The molecule has 0 saturated carbocycles. The molecule has 0 amide bonds. The van der Waals surface area contributed by atoms with Crippen LogP contribution in [0.2, 0.25) is 0 Å². The summed E-state index contributed by atoms with van der Waals surface area (Å²) >= 11 is 0. The van der Waals surface area contributed by atoms with E-state index in [1.54, 1.807) is 0 Å². The minimum absolute atomic E-state index is 0.163. The van der Waals surface area contributed by atoms with Crippen LogP contribution in [0.4, 0.5) is 0 Å². The van der Waals surface area contributed by atoms with Crippen molar-refractivity contribution in [3.63, 3.8) is 0 Å². The third-order valence-corrected chi connectivity index (χ3v) is 9.13. The Labute approximate surface area is 254 Å². The molecule has 0 bridgehead atoms. The quantitative estimate of drug-likeness (QED) is 0.214. The highest BCUT2D eigenvalue weighted by Crippen LogP contribution is 2.54. The Balaban J connectivity index is 1.42. The predicted molar refractivity (Wildman–Crippen MR) is 178 cm³/mol. The molecule has 4 nitrogen and oxygen atoms in total. The predicted octanol–water partition coefficient (Wildman–Crippen LogP) is 10.2. The summed E-state index contributed by atoms with van der Waals surface area (Å²) in [5.74, 6) is 1.93. The average molecular weight is 566 g/mol. The molecule has 44 heavy (non-hydrogen) atoms. The van der Waals surface area contributed by atoms with E-state index < -0.39 is 0 Å². The second-order valence-corrected chi connectivity index (χ2v) is 12.0. The molecule has 0 saturated heterocycles. The number of nitrogens with zero attached hydrogens (tertiary/aromatic N) is 3. The summed E-state index contributed by atoms with van der Waals surface area (Å²) in [5.41, 5.74) is 9.45. The molecule has 0 atom stereocenters. The standard InChI is InChI=1S/C40H27N3O/c1-40(2)30-20-10-8-17-27(30)35-31(40)23-25-15-6-7-16-26(25)36(35)39-42-37(24-13-4-3-5-14-24)41-38(43-39)29-19-12-22-33-34(29)28-18-9-11-21-32(28)44-33/h3-23H,1-2H3. The summed E-state index contributed by atoms with van der Waals surface area (Å²) in [6.07, 6.45) is 0. The first kappa shape index (κ1) is 24.9. The second kappa shape index (κ2) is 9.19. The molecule has 1 aliphatic carbocycles. The molecule has 0 radical (unpaired) electrons. The fraction of sp³-hybridized carbons (Fsp3) is 0.0750. The van der Waals surface area contributed by atoms with Gasteiger partial charge in [-0.3, -0.25) is 0 Å². The Bertz CT molecular complexity index is 2420. The lowest BCUT2D eigenvalue weighted by atomic mass is 9.81. The fourth-order valence-corrected chi connectivity index (χ4v) is 7.03. The second-order valence-electron chi connectivity index (χ2n) is 12.0. The van der Waals surface area contributed by atoms with Gasteiger partial charge < -0.3 is 4.42 Å². The first-order valence-corrected chi connectivity index (χ1v) is 15.0. The van der Waals surface area contributed by atoms with Crippen molar-refractivity contribution in [2.45, 2.75) is 19.3 Å². The highest BCUT2D eigenvalue weighted by molar-refractivity contribution is 6.12. The zero-order chi connectivity index (χ0) is 29.4. The molecule has 0 spiro atoms. The number of hydrogen-bond donors (Lipinski definition) is 0. The van der Waals surface area contributed by atoms with Crippen LogP contribution in [-0.4, -0.2) is 15.0 Å². The van der Waals surface area contributed by atoms with Crippen molar-refractivity contribution < 1.29 is 4.42 Å². The van der Waals surface area contributed by atoms with Gasteiger partial charge in [-0.2, -0.15) is 0 Å². The van der Waals surface area contributed by atoms with Crippen LogP contribution in [0, 0.1) is 0 Å². The van der Waals surface area contributed by atoms with Gasteiger partial charge in [-0.05, 0) is 51.2 Å². The zero-order valence-corrected chi connectivity index (χ0v) is 24.4. The molecule has 208 valence electrons. The third kappa shape index (κ3) is 3.54. The summed E-state index contributed by atoms with van der Waals surface area (Å²) in [4.78, 5) is 15.7. The molecule has 2 aromatic heterocycles. The highest BCUT2D eigenvalue weighted by Gasteiger charge is 2.38. The maximum atomic E-state index is 6.25. The Kier molecular flexibility index (Phi) is 5.21. The van der Waals surface area contributed by atoms with Crippen LogP contribution in [-0.2, 0) is 5.41 Å². The first-order chi connectivity index (χ1) is 21.6. The van der Waals surface area contributed by atoms with Crippen LogP contribution in [0.15, 0.2) is 132 Å². The Hall–Kier alpha value is -5.61. The van der Waals surface area contributed by atoms with Crippen molar-refractivity contribution in [3.8, 4) is 45.3 Å². The van der Waals surface area contributed by atoms with Gasteiger partial charge in [0.1, 0.15) is 11.2 Å². The molecular formula is C40H27N3O. The molecule has 1 aliphatic rings. The molecule has 6 aromatic carbocycles. The van der Waals surface area contributed by atoms with E-state index >= 15 is 0 Å². The lowest BCUT2D eigenvalue weighted by Gasteiger charge is -2.22. The van der Waals surface area contributed by atoms with E-state index in [1.807, 2.05) is 48.5 Å². The highest BCUT2D eigenvalue weighted by atomic mass is 16.3. The number of fused-ring (bicyclic) bond motifs is 7. The van der Waals surface area contributed by atoms with Gasteiger partial charge in [0.2, 0.25) is 0 Å². The van der Waals surface area contributed by atoms with E-state index in [0.717, 1.165) is 44.0 Å².